The Morgan fingerprint density at radius 3 is 2.50 bits per heavy atom. The molecule has 0 amide bonds. The Hall–Kier alpha value is -1.94. The van der Waals surface area contributed by atoms with E-state index in [9.17, 15) is 4.79 Å². The molecule has 4 nitrogen and oxygen atoms in total. The van der Waals surface area contributed by atoms with Gasteiger partial charge in [0.1, 0.15) is 5.76 Å². The molecule has 20 heavy (non-hydrogen) atoms. The number of ketones is 1. The Morgan fingerprint density at radius 2 is 1.85 bits per heavy atom. The van der Waals surface area contributed by atoms with Crippen molar-refractivity contribution in [2.24, 2.45) is 0 Å². The van der Waals surface area contributed by atoms with E-state index in [1.165, 1.54) is 6.26 Å². The second-order valence-corrected chi connectivity index (χ2v) is 4.96. The Bertz CT molecular complexity index is 660. The Kier molecular flexibility index (Phi) is 3.40. The van der Waals surface area contributed by atoms with Gasteiger partial charge in [0.25, 0.3) is 0 Å². The molecule has 0 N–H and O–H groups in total. The summed E-state index contributed by atoms with van der Waals surface area (Å²) in [5.74, 6) is 1.51. The van der Waals surface area contributed by atoms with Gasteiger partial charge in [0.15, 0.2) is 17.3 Å². The second-order valence-electron chi connectivity index (χ2n) is 4.55. The molecule has 3 rings (SSSR count). The quantitative estimate of drug-likeness (QED) is 0.793. The molecule has 0 bridgehead atoms. The van der Waals surface area contributed by atoms with E-state index in [1.54, 1.807) is 25.1 Å². The molecule has 1 aliphatic heterocycles. The van der Waals surface area contributed by atoms with Crippen LogP contribution in [-0.4, -0.2) is 19.0 Å². The summed E-state index contributed by atoms with van der Waals surface area (Å²) < 4.78 is 16.3. The van der Waals surface area contributed by atoms with Crippen LogP contribution < -0.4 is 9.47 Å². The van der Waals surface area contributed by atoms with Crippen molar-refractivity contribution in [1.82, 2.24) is 0 Å². The highest BCUT2D eigenvalue weighted by molar-refractivity contribution is 6.35. The average molecular weight is 293 g/mol. The first-order valence-electron chi connectivity index (χ1n) is 6.35. The first-order valence-corrected chi connectivity index (χ1v) is 6.72. The molecule has 0 spiro atoms. The van der Waals surface area contributed by atoms with Gasteiger partial charge in [-0.05, 0) is 19.1 Å². The summed E-state index contributed by atoms with van der Waals surface area (Å²) in [6.45, 7) is 2.88. The van der Waals surface area contributed by atoms with Gasteiger partial charge in [0.2, 0.25) is 0 Å². The van der Waals surface area contributed by atoms with Crippen molar-refractivity contribution in [1.29, 1.82) is 0 Å². The molecule has 104 valence electrons. The molecule has 0 saturated heterocycles. The summed E-state index contributed by atoms with van der Waals surface area (Å²) in [6, 6.07) is 4.90. The Balaban J connectivity index is 2.04. The summed E-state index contributed by atoms with van der Waals surface area (Å²) in [4.78, 5) is 12.5. The fourth-order valence-electron chi connectivity index (χ4n) is 2.12. The van der Waals surface area contributed by atoms with Crippen molar-refractivity contribution in [3.8, 4) is 11.5 Å². The molecule has 1 aromatic carbocycles. The maximum absolute atomic E-state index is 12.5. The third kappa shape index (κ3) is 2.27. The highest BCUT2D eigenvalue weighted by Crippen LogP contribution is 2.36. The summed E-state index contributed by atoms with van der Waals surface area (Å²) >= 11 is 6.19. The minimum Gasteiger partial charge on any atom is -0.490 e. The van der Waals surface area contributed by atoms with Gasteiger partial charge in [-0.3, -0.25) is 4.79 Å². The van der Waals surface area contributed by atoms with Crippen LogP contribution in [-0.2, 0) is 0 Å². The predicted octanol–water partition coefficient (Wildman–Crippen LogP) is 3.63. The normalized spacial score (nSPS) is 13.9. The van der Waals surface area contributed by atoms with Crippen LogP contribution in [0.2, 0.25) is 5.02 Å². The van der Waals surface area contributed by atoms with Crippen LogP contribution in [0.3, 0.4) is 0 Å². The van der Waals surface area contributed by atoms with Crippen molar-refractivity contribution < 1.29 is 18.7 Å². The van der Waals surface area contributed by atoms with Gasteiger partial charge < -0.3 is 13.9 Å². The number of furan rings is 1. The lowest BCUT2D eigenvalue weighted by atomic mass is 10.0. The molecular weight excluding hydrogens is 280 g/mol. The molecular formula is C15H13ClO4. The van der Waals surface area contributed by atoms with Crippen LogP contribution >= 0.6 is 11.6 Å². The maximum atomic E-state index is 12.5. The molecule has 0 saturated carbocycles. The molecule has 5 heteroatoms. The molecule has 0 unspecified atom stereocenters. The van der Waals surface area contributed by atoms with E-state index in [4.69, 9.17) is 25.5 Å². The Labute approximate surface area is 121 Å². The number of carbonyl (C=O) groups is 1. The molecule has 0 aliphatic carbocycles. The molecule has 1 aliphatic rings. The lowest BCUT2D eigenvalue weighted by molar-refractivity contribution is 0.103. The fraction of sp³-hybridized carbons (Fsp3) is 0.267. The largest absolute Gasteiger partial charge is 0.490 e. The van der Waals surface area contributed by atoms with Gasteiger partial charge in [-0.2, -0.15) is 0 Å². The third-order valence-electron chi connectivity index (χ3n) is 3.19. The minimum absolute atomic E-state index is 0.183. The van der Waals surface area contributed by atoms with E-state index in [-0.39, 0.29) is 5.78 Å². The highest BCUT2D eigenvalue weighted by atomic mass is 35.5. The molecule has 0 radical (unpaired) electrons. The lowest BCUT2D eigenvalue weighted by Gasteiger charge is -2.10. The van der Waals surface area contributed by atoms with Gasteiger partial charge >= 0.3 is 0 Å². The highest BCUT2D eigenvalue weighted by Gasteiger charge is 2.21. The molecule has 0 atom stereocenters. The number of hydrogen-bond acceptors (Lipinski definition) is 4. The van der Waals surface area contributed by atoms with Crippen LogP contribution in [0, 0.1) is 6.92 Å². The Morgan fingerprint density at radius 1 is 1.15 bits per heavy atom. The van der Waals surface area contributed by atoms with Gasteiger partial charge in [-0.25, -0.2) is 0 Å². The smallest absolute Gasteiger partial charge is 0.198 e. The van der Waals surface area contributed by atoms with E-state index >= 15 is 0 Å². The van der Waals surface area contributed by atoms with Crippen molar-refractivity contribution in [2.45, 2.75) is 13.3 Å². The standard InChI is InChI=1S/C15H13ClO4/c1-9-10(3-6-18-9)15(17)11-7-13-14(8-12(11)16)20-5-2-4-19-13/h3,6-8H,2,4-5H2,1H3. The molecule has 0 fully saturated rings. The van der Waals surface area contributed by atoms with E-state index < -0.39 is 0 Å². The van der Waals surface area contributed by atoms with Crippen LogP contribution in [0.15, 0.2) is 28.9 Å². The molecule has 2 aromatic rings. The summed E-state index contributed by atoms with van der Waals surface area (Å²) in [6.07, 6.45) is 2.29. The topological polar surface area (TPSA) is 48.7 Å². The van der Waals surface area contributed by atoms with Crippen molar-refractivity contribution in [2.75, 3.05) is 13.2 Å². The zero-order valence-corrected chi connectivity index (χ0v) is 11.7. The van der Waals surface area contributed by atoms with E-state index in [0.717, 1.165) is 6.42 Å². The van der Waals surface area contributed by atoms with Crippen LogP contribution in [0.25, 0.3) is 0 Å². The monoisotopic (exact) mass is 292 g/mol. The first kappa shape index (κ1) is 13.1. The number of aryl methyl sites for hydroxylation is 1. The second kappa shape index (κ2) is 5.21. The number of rotatable bonds is 2. The summed E-state index contributed by atoms with van der Waals surface area (Å²) in [5, 5.41) is 0.347. The number of hydrogen-bond donors (Lipinski definition) is 0. The van der Waals surface area contributed by atoms with Crippen molar-refractivity contribution in [3.63, 3.8) is 0 Å². The molecule has 1 aromatic heterocycles. The predicted molar refractivity (Wildman–Crippen MR) is 73.9 cm³/mol. The van der Waals surface area contributed by atoms with Gasteiger partial charge in [-0.1, -0.05) is 11.6 Å². The zero-order valence-electron chi connectivity index (χ0n) is 10.9. The lowest BCUT2D eigenvalue weighted by Crippen LogP contribution is -2.04. The van der Waals surface area contributed by atoms with Crippen LogP contribution in [0.5, 0.6) is 11.5 Å². The zero-order chi connectivity index (χ0) is 14.1. The van der Waals surface area contributed by atoms with Crippen LogP contribution in [0.4, 0.5) is 0 Å². The van der Waals surface area contributed by atoms with Crippen molar-refractivity contribution >= 4 is 17.4 Å². The number of halogens is 1. The van der Waals surface area contributed by atoms with E-state index in [0.29, 0.717) is 46.6 Å². The van der Waals surface area contributed by atoms with E-state index in [2.05, 4.69) is 0 Å². The van der Waals surface area contributed by atoms with Gasteiger partial charge in [0.05, 0.1) is 30.1 Å². The molecule has 2 heterocycles. The maximum Gasteiger partial charge on any atom is 0.198 e. The third-order valence-corrected chi connectivity index (χ3v) is 3.50. The first-order chi connectivity index (χ1) is 9.66. The average Bonchev–Trinajstić information content (AvgIpc) is 2.72. The number of benzene rings is 1. The van der Waals surface area contributed by atoms with Gasteiger partial charge in [0, 0.05) is 18.1 Å². The number of ether oxygens (including phenoxy) is 2. The number of carbonyl (C=O) groups excluding carboxylic acids is 1. The SMILES string of the molecule is Cc1occc1C(=O)c1cc2c(cc1Cl)OCCCO2. The number of fused-ring (bicyclic) bond motifs is 1. The summed E-state index contributed by atoms with van der Waals surface area (Å²) in [7, 11) is 0. The summed E-state index contributed by atoms with van der Waals surface area (Å²) in [5.41, 5.74) is 0.891. The van der Waals surface area contributed by atoms with E-state index in [1.807, 2.05) is 0 Å². The fourth-order valence-corrected chi connectivity index (χ4v) is 2.36. The van der Waals surface area contributed by atoms with Crippen molar-refractivity contribution in [3.05, 3.63) is 46.4 Å². The van der Waals surface area contributed by atoms with Crippen LogP contribution in [0.1, 0.15) is 28.1 Å². The van der Waals surface area contributed by atoms with Gasteiger partial charge in [-0.15, -0.1) is 0 Å². The minimum atomic E-state index is -0.183.